The molecule has 0 fully saturated rings. The lowest BCUT2D eigenvalue weighted by Crippen LogP contribution is -2.35. The van der Waals surface area contributed by atoms with Gasteiger partial charge in [-0.2, -0.15) is 0 Å². The topological polar surface area (TPSA) is 41.6 Å². The normalized spacial score (nSPS) is 10.8. The van der Waals surface area contributed by atoms with Gasteiger partial charge in [-0.1, -0.05) is 41.4 Å². The number of nitrogens with zero attached hydrogens (tertiary/aromatic N) is 1. The van der Waals surface area contributed by atoms with Crippen molar-refractivity contribution in [2.24, 2.45) is 0 Å². The first-order valence-corrected chi connectivity index (χ1v) is 8.69. The molecule has 4 nitrogen and oxygen atoms in total. The van der Waals surface area contributed by atoms with Crippen molar-refractivity contribution in [3.05, 3.63) is 64.2 Å². The van der Waals surface area contributed by atoms with Crippen LogP contribution in [0.15, 0.2) is 42.5 Å². The molecule has 2 aromatic rings. The van der Waals surface area contributed by atoms with E-state index >= 15 is 0 Å². The van der Waals surface area contributed by atoms with E-state index in [9.17, 15) is 4.79 Å². The molecule has 134 valence electrons. The van der Waals surface area contributed by atoms with Crippen LogP contribution in [0.1, 0.15) is 16.7 Å². The van der Waals surface area contributed by atoms with Crippen molar-refractivity contribution in [2.45, 2.75) is 19.9 Å². The van der Waals surface area contributed by atoms with E-state index in [0.717, 1.165) is 28.3 Å². The summed E-state index contributed by atoms with van der Waals surface area (Å²) in [6.07, 6.45) is 0.766. The van der Waals surface area contributed by atoms with E-state index in [1.165, 1.54) is 5.56 Å². The Balaban J connectivity index is 1.79. The van der Waals surface area contributed by atoms with Crippen molar-refractivity contribution in [1.82, 2.24) is 10.2 Å². The molecule has 0 unspecified atom stereocenters. The average Bonchev–Trinajstić information content (AvgIpc) is 2.55. The van der Waals surface area contributed by atoms with E-state index < -0.39 is 0 Å². The van der Waals surface area contributed by atoms with Crippen LogP contribution in [0.5, 0.6) is 5.75 Å². The number of methoxy groups -OCH3 is 1. The van der Waals surface area contributed by atoms with Gasteiger partial charge in [-0.25, -0.2) is 0 Å². The number of carbonyl (C=O) groups is 1. The summed E-state index contributed by atoms with van der Waals surface area (Å²) in [6, 6.07) is 13.8. The zero-order chi connectivity index (χ0) is 18.2. The third-order valence-corrected chi connectivity index (χ3v) is 4.15. The van der Waals surface area contributed by atoms with E-state index in [-0.39, 0.29) is 5.91 Å². The first-order chi connectivity index (χ1) is 12.0. The molecule has 5 heteroatoms. The SMILES string of the molecule is COc1ccc(C)cc1CN(C)CC(=O)NCCc1cccc(Cl)c1. The van der Waals surface area contributed by atoms with Crippen LogP contribution >= 0.6 is 11.6 Å². The Hall–Kier alpha value is -2.04. The number of nitrogens with one attached hydrogen (secondary N) is 1. The summed E-state index contributed by atoms with van der Waals surface area (Å²) in [4.78, 5) is 14.1. The molecule has 2 rings (SSSR count). The predicted molar refractivity (Wildman–Crippen MR) is 102 cm³/mol. The minimum absolute atomic E-state index is 0.0103. The molecule has 0 aromatic heterocycles. The zero-order valence-electron chi connectivity index (χ0n) is 15.0. The number of amides is 1. The number of likely N-dealkylation sites (N-methyl/N-ethyl adjacent to an activating group) is 1. The summed E-state index contributed by atoms with van der Waals surface area (Å²) < 4.78 is 5.39. The van der Waals surface area contributed by atoms with Gasteiger partial charge in [-0.3, -0.25) is 9.69 Å². The van der Waals surface area contributed by atoms with Gasteiger partial charge in [-0.05, 0) is 44.2 Å². The van der Waals surface area contributed by atoms with E-state index in [0.29, 0.717) is 19.6 Å². The minimum atomic E-state index is 0.0103. The predicted octanol–water partition coefficient (Wildman–Crippen LogP) is 3.45. The Labute approximate surface area is 154 Å². The third-order valence-electron chi connectivity index (χ3n) is 3.91. The second-order valence-electron chi connectivity index (χ2n) is 6.22. The molecule has 1 N–H and O–H groups in total. The highest BCUT2D eigenvalue weighted by Crippen LogP contribution is 2.20. The van der Waals surface area contributed by atoms with Gasteiger partial charge in [0.2, 0.25) is 5.91 Å². The summed E-state index contributed by atoms with van der Waals surface area (Å²) in [5.41, 5.74) is 3.37. The number of benzene rings is 2. The van der Waals surface area contributed by atoms with Gasteiger partial charge in [0, 0.05) is 23.7 Å². The first-order valence-electron chi connectivity index (χ1n) is 8.31. The lowest BCUT2D eigenvalue weighted by atomic mass is 10.1. The maximum atomic E-state index is 12.1. The molecule has 2 aromatic carbocycles. The standard InChI is InChI=1S/C20H25ClN2O2/c1-15-7-8-19(25-3)17(11-15)13-23(2)14-20(24)22-10-9-16-5-4-6-18(21)12-16/h4-8,11-12H,9-10,13-14H2,1-3H3,(H,22,24). The molecular formula is C20H25ClN2O2. The number of halogens is 1. The largest absolute Gasteiger partial charge is 0.496 e. The van der Waals surface area contributed by atoms with Crippen LogP contribution in [0, 0.1) is 6.92 Å². The molecule has 0 aliphatic rings. The van der Waals surface area contributed by atoms with E-state index in [1.54, 1.807) is 7.11 Å². The van der Waals surface area contributed by atoms with Crippen molar-refractivity contribution in [3.8, 4) is 5.75 Å². The van der Waals surface area contributed by atoms with Crippen LogP contribution < -0.4 is 10.1 Å². The van der Waals surface area contributed by atoms with Crippen LogP contribution in [0.3, 0.4) is 0 Å². The summed E-state index contributed by atoms with van der Waals surface area (Å²) in [5, 5.41) is 3.67. The Morgan fingerprint density at radius 1 is 1.24 bits per heavy atom. The Morgan fingerprint density at radius 3 is 2.76 bits per heavy atom. The average molecular weight is 361 g/mol. The number of hydrogen-bond acceptors (Lipinski definition) is 3. The molecule has 0 bridgehead atoms. The molecule has 0 spiro atoms. The van der Waals surface area contributed by atoms with Crippen LogP contribution in [0.2, 0.25) is 5.02 Å². The fraction of sp³-hybridized carbons (Fsp3) is 0.350. The lowest BCUT2D eigenvalue weighted by Gasteiger charge is -2.18. The maximum Gasteiger partial charge on any atom is 0.234 e. The third kappa shape index (κ3) is 6.40. The van der Waals surface area contributed by atoms with Crippen LogP contribution in [0.25, 0.3) is 0 Å². The van der Waals surface area contributed by atoms with Crippen LogP contribution in [-0.2, 0) is 17.8 Å². The van der Waals surface area contributed by atoms with E-state index in [4.69, 9.17) is 16.3 Å². The molecular weight excluding hydrogens is 336 g/mol. The van der Waals surface area contributed by atoms with Gasteiger partial charge in [0.25, 0.3) is 0 Å². The summed E-state index contributed by atoms with van der Waals surface area (Å²) >= 11 is 5.96. The first kappa shape index (κ1) is 19.3. The quantitative estimate of drug-likeness (QED) is 0.784. The number of hydrogen-bond donors (Lipinski definition) is 1. The van der Waals surface area contributed by atoms with Crippen molar-refractivity contribution >= 4 is 17.5 Å². The summed E-state index contributed by atoms with van der Waals surface area (Å²) in [5.74, 6) is 0.856. The molecule has 0 saturated heterocycles. The van der Waals surface area contributed by atoms with Crippen LogP contribution in [-0.4, -0.2) is 38.1 Å². The van der Waals surface area contributed by atoms with Gasteiger partial charge in [0.1, 0.15) is 5.75 Å². The maximum absolute atomic E-state index is 12.1. The number of aryl methyl sites for hydroxylation is 1. The lowest BCUT2D eigenvalue weighted by molar-refractivity contribution is -0.122. The fourth-order valence-corrected chi connectivity index (χ4v) is 2.93. The van der Waals surface area contributed by atoms with Crippen molar-refractivity contribution in [1.29, 1.82) is 0 Å². The molecule has 25 heavy (non-hydrogen) atoms. The number of carbonyl (C=O) groups excluding carboxylic acids is 1. The van der Waals surface area contributed by atoms with Crippen LogP contribution in [0.4, 0.5) is 0 Å². The van der Waals surface area contributed by atoms with Gasteiger partial charge < -0.3 is 10.1 Å². The smallest absolute Gasteiger partial charge is 0.234 e. The van der Waals surface area contributed by atoms with Gasteiger partial charge in [-0.15, -0.1) is 0 Å². The summed E-state index contributed by atoms with van der Waals surface area (Å²) in [7, 11) is 3.59. The summed E-state index contributed by atoms with van der Waals surface area (Å²) in [6.45, 7) is 3.64. The number of ether oxygens (including phenoxy) is 1. The molecule has 0 heterocycles. The number of rotatable bonds is 8. The molecule has 1 amide bonds. The highest BCUT2D eigenvalue weighted by atomic mass is 35.5. The highest BCUT2D eigenvalue weighted by Gasteiger charge is 2.10. The van der Waals surface area contributed by atoms with Gasteiger partial charge >= 0.3 is 0 Å². The van der Waals surface area contributed by atoms with Crippen molar-refractivity contribution in [2.75, 3.05) is 27.2 Å². The zero-order valence-corrected chi connectivity index (χ0v) is 15.8. The van der Waals surface area contributed by atoms with E-state index in [1.807, 2.05) is 55.3 Å². The molecule has 0 atom stereocenters. The Bertz CT molecular complexity index is 719. The Kier molecular flexibility index (Phi) is 7.29. The van der Waals surface area contributed by atoms with E-state index in [2.05, 4.69) is 11.4 Å². The monoisotopic (exact) mass is 360 g/mol. The molecule has 0 saturated carbocycles. The molecule has 0 radical (unpaired) electrons. The second-order valence-corrected chi connectivity index (χ2v) is 6.65. The molecule has 0 aliphatic heterocycles. The minimum Gasteiger partial charge on any atom is -0.496 e. The van der Waals surface area contributed by atoms with Gasteiger partial charge in [0.15, 0.2) is 0 Å². The van der Waals surface area contributed by atoms with Crippen molar-refractivity contribution in [3.63, 3.8) is 0 Å². The highest BCUT2D eigenvalue weighted by molar-refractivity contribution is 6.30. The second kappa shape index (κ2) is 9.44. The van der Waals surface area contributed by atoms with Crippen molar-refractivity contribution < 1.29 is 9.53 Å². The van der Waals surface area contributed by atoms with Gasteiger partial charge in [0.05, 0.1) is 13.7 Å². The molecule has 0 aliphatic carbocycles. The fourth-order valence-electron chi connectivity index (χ4n) is 2.72. The Morgan fingerprint density at radius 2 is 2.04 bits per heavy atom.